The third kappa shape index (κ3) is 15.9. The molecule has 24 unspecified atom stereocenters. The van der Waals surface area contributed by atoms with Crippen molar-refractivity contribution in [2.24, 2.45) is 175 Å². The van der Waals surface area contributed by atoms with E-state index >= 15 is 0 Å². The van der Waals surface area contributed by atoms with Gasteiger partial charge in [0, 0.05) is 126 Å². The predicted molar refractivity (Wildman–Crippen MR) is 556 cm³/mol. The minimum absolute atomic E-state index is 0.0352. The molecule has 21 fully saturated rings. The fraction of sp³-hybridized carbons (Fsp3) is 0.768. The van der Waals surface area contributed by atoms with Gasteiger partial charge in [0.05, 0.1) is 36.6 Å². The number of carbonyl (C=O) groups is 9. The summed E-state index contributed by atoms with van der Waals surface area (Å²) in [5.74, 6) is 19.9. The number of fused-ring (bicyclic) bond motifs is 31. The van der Waals surface area contributed by atoms with E-state index in [2.05, 4.69) is 109 Å². The fourth-order valence-corrected chi connectivity index (χ4v) is 44.5. The molecule has 3 saturated heterocycles. The summed E-state index contributed by atoms with van der Waals surface area (Å²) in [6.07, 6.45) is 66.8. The summed E-state index contributed by atoms with van der Waals surface area (Å²) in [5, 5.41) is 22.1. The molecule has 3 spiro atoms. The maximum atomic E-state index is 13.6. The van der Waals surface area contributed by atoms with Crippen molar-refractivity contribution in [1.29, 1.82) is 0 Å². The summed E-state index contributed by atoms with van der Waals surface area (Å²) in [4.78, 5) is 112. The first-order chi connectivity index (χ1) is 68.5. The number of ketones is 9. The van der Waals surface area contributed by atoms with E-state index in [0.717, 1.165) is 223 Å². The van der Waals surface area contributed by atoms with Gasteiger partial charge in [0.2, 0.25) is 0 Å². The van der Waals surface area contributed by atoms with Gasteiger partial charge < -0.3 is 29.2 Å². The van der Waals surface area contributed by atoms with Crippen molar-refractivity contribution in [3.63, 3.8) is 0 Å². The molecule has 0 aromatic carbocycles. The molecule has 27 aliphatic rings. The zero-order valence-electron chi connectivity index (χ0n) is 87.0. The number of hydrogen-bond acceptors (Lipinski definition) is 17. The van der Waals surface area contributed by atoms with Gasteiger partial charge in [-0.3, -0.25) is 43.2 Å². The van der Waals surface area contributed by atoms with Crippen LogP contribution in [0.1, 0.15) is 356 Å². The first kappa shape index (κ1) is 101. The molecule has 15 nitrogen and oxygen atoms in total. The maximum Gasteiger partial charge on any atom is 0.188 e. The Labute approximate surface area is 856 Å². The lowest BCUT2D eigenvalue weighted by atomic mass is 9.48. The first-order valence-corrected chi connectivity index (χ1v) is 60.2. The summed E-state index contributed by atoms with van der Waals surface area (Å²) in [5.41, 5.74) is 11.0. The smallest absolute Gasteiger partial charge is 0.188 e. The summed E-state index contributed by atoms with van der Waals surface area (Å²) in [6.45, 7) is 29.4. The van der Waals surface area contributed by atoms with Gasteiger partial charge in [-0.2, -0.15) is 0 Å². The summed E-state index contributed by atoms with van der Waals surface area (Å²) < 4.78 is 24.8. The third-order valence-electron chi connectivity index (χ3n) is 47.2. The molecule has 142 heavy (non-hydrogen) atoms. The molecule has 24 aliphatic carbocycles. The Morgan fingerprint density at radius 3 is 1.31 bits per heavy atom. The lowest BCUT2D eigenvalue weighted by Crippen LogP contribution is -2.58. The van der Waals surface area contributed by atoms with E-state index in [1.165, 1.54) is 108 Å². The molecule has 17 heteroatoms. The lowest BCUT2D eigenvalue weighted by Gasteiger charge is -2.56. The first-order valence-electron chi connectivity index (χ1n) is 58.2. The van der Waals surface area contributed by atoms with Crippen LogP contribution in [0.4, 0.5) is 0 Å². The van der Waals surface area contributed by atoms with Crippen molar-refractivity contribution >= 4 is 75.6 Å². The van der Waals surface area contributed by atoms with E-state index in [0.29, 0.717) is 223 Å². The second-order valence-corrected chi connectivity index (χ2v) is 54.2. The minimum atomic E-state index is -0.914. The van der Waals surface area contributed by atoms with Crippen LogP contribution in [-0.2, 0) is 62.1 Å². The number of rotatable bonds is 6. The van der Waals surface area contributed by atoms with Crippen LogP contribution in [0.5, 0.6) is 0 Å². The molecule has 2 N–H and O–H groups in total. The van der Waals surface area contributed by atoms with Crippen molar-refractivity contribution < 1.29 is 72.3 Å². The normalized spacial score (nSPS) is 45.9. The quantitative estimate of drug-likeness (QED) is 0.186. The van der Waals surface area contributed by atoms with E-state index in [4.69, 9.17) is 25.4 Å². The Bertz CT molecular complexity index is 5230. The van der Waals surface area contributed by atoms with Gasteiger partial charge in [0.15, 0.2) is 28.9 Å². The monoisotopic (exact) mass is 1970 g/mol. The fourth-order valence-electron chi connectivity index (χ4n) is 41.3. The number of hydrogen-bond donors (Lipinski definition) is 2. The number of terminal acetylenes is 1. The van der Waals surface area contributed by atoms with Gasteiger partial charge in [0.1, 0.15) is 40.3 Å². The molecule has 0 aromatic rings. The average Bonchev–Trinajstić information content (AvgIpc) is 1.51. The number of allylic oxidation sites excluding steroid dienone is 10. The van der Waals surface area contributed by atoms with Crippen LogP contribution in [0, 0.1) is 187 Å². The van der Waals surface area contributed by atoms with Crippen LogP contribution < -0.4 is 0 Å². The molecule has 0 aromatic heterocycles. The third-order valence-corrected chi connectivity index (χ3v) is 50.6. The number of carbonyl (C=O) groups excluding carboxylic acids is 9. The van der Waals surface area contributed by atoms with Gasteiger partial charge >= 0.3 is 0 Å². The molecule has 3 aliphatic heterocycles. The highest BCUT2D eigenvalue weighted by Gasteiger charge is 2.72. The summed E-state index contributed by atoms with van der Waals surface area (Å²) in [6, 6.07) is 0. The molecule has 0 bridgehead atoms. The molecular weight excluding hydrogens is 1810 g/mol. The van der Waals surface area contributed by atoms with Gasteiger partial charge in [-0.05, 0) is 398 Å². The number of aliphatic hydroxyl groups excluding tert-OH is 1. The SMILES string of the molecule is C#C[C@]1(O)CCC2C3CCC4=CCCCC4C3C(=C)C[C@@]21CC.C=C1C[C@]2(CC)C(=O)CCC2C2CCC3=CC(=O)CCC3C12.C=C1C[C@]2(CC)C(=O)CCC2C2CCC3=CC4(CCC3C12)SCCS4.CC[C@]12CC(=O)C3C4CCC(=O)C=C4CCC3C1CCC2=O.CC[C@]12CC(=O)C3C4CCC5(C=C4CCC3C1CCC21OCCO1)OCCO5.CC[C@]12C[C@@H](O)C3C4CCC(=O)C=C4CCC3C1CCC2=O. The zero-order chi connectivity index (χ0) is 98.9. The van der Waals surface area contributed by atoms with E-state index in [9.17, 15) is 53.4 Å². The topological polar surface area (TPSA) is 231 Å². The predicted octanol–water partition coefficient (Wildman–Crippen LogP) is 24.9. The highest BCUT2D eigenvalue weighted by atomic mass is 32.2. The molecule has 0 amide bonds. The largest absolute Gasteiger partial charge is 0.393 e. The Hall–Kier alpha value is -5.29. The standard InChI is InChI=1S/C23H32O5.C22H30OS2.C22H30O.C20H26O2.C19H26O3.C19H24O3/c1-2-21-14-19(24)20-16-5-7-22(25-9-10-26-22)13-15(16)3-4-17(20)18(21)6-8-23(21)27-11-12-28-23;1-3-21-12-14(2)20-16-8-9-22(24-10-11-25-22)13-15(16)4-5-17(20)18(21)6-7-19(21)23;1-4-21-14-15(3)20-17-9-7-6-8-16(17)10-11-18(20)19(21)12-13-22(21,23)5-2;1-3-20-11-12(2)19-15-7-5-14(21)10-13(15)4-6-16(19)17(20)8-9-18(20)22;2*1-2-19-10-16(21)18-13-6-4-12(20)9-11(13)3-5-14(18)15(19)7-8-17(19)22/h13,16-18,20H,2-12,14H2,1H3;13,16-18,20H,2-12H2,1H3;2,8,17-20,23H,3-4,6-7,9-14H2,1H3;10,15-17,19H,2-9,11H2,1H3;9,13-16,18,21H,2-8,10H2,1H3;9,13-15,18H,2-8,10H2,1H3/t2*16?,17?,18?,20?,21-;17?,18?,19?,20?,21-,22-;15?,16?,17?,19?,20-;13?,14?,15?,16-,18?,19+;13?,14?,15?,18?,19-/m000010/s1. The second kappa shape index (κ2) is 38.9. The van der Waals surface area contributed by atoms with Gasteiger partial charge in [-0.25, -0.2) is 0 Å². The molecule has 770 valence electrons. The van der Waals surface area contributed by atoms with E-state index < -0.39 is 17.2 Å². The van der Waals surface area contributed by atoms with Gasteiger partial charge in [0.25, 0.3) is 0 Å². The van der Waals surface area contributed by atoms with E-state index in [-0.39, 0.29) is 73.8 Å². The van der Waals surface area contributed by atoms with Crippen LogP contribution in [0.25, 0.3) is 0 Å². The summed E-state index contributed by atoms with van der Waals surface area (Å²) in [7, 11) is 0. The van der Waals surface area contributed by atoms with Crippen molar-refractivity contribution in [3.05, 3.63) is 106 Å². The van der Waals surface area contributed by atoms with Crippen LogP contribution in [0.3, 0.4) is 0 Å². The Morgan fingerprint density at radius 1 is 0.373 bits per heavy atom. The second-order valence-electron chi connectivity index (χ2n) is 51.1. The molecule has 0 radical (unpaired) electrons. The van der Waals surface area contributed by atoms with E-state index in [1.807, 2.05) is 18.2 Å². The zero-order valence-corrected chi connectivity index (χ0v) is 88.6. The van der Waals surface area contributed by atoms with Gasteiger partial charge in [-0.15, -0.1) is 29.9 Å². The number of Topliss-reactive ketones (excluding diaryl/α,β-unsaturated/α-hetero) is 6. The number of ether oxygens (including phenoxy) is 4. The van der Waals surface area contributed by atoms with E-state index in [1.54, 1.807) is 11.1 Å². The maximum absolute atomic E-state index is 13.6. The molecule has 32 atom stereocenters. The molecular formula is C125H168O15S2. The molecule has 3 heterocycles. The van der Waals surface area contributed by atoms with Crippen LogP contribution in [-0.4, -0.2) is 128 Å². The van der Waals surface area contributed by atoms with Crippen molar-refractivity contribution in [2.75, 3.05) is 37.9 Å². The number of aliphatic hydroxyl groups is 2. The lowest BCUT2D eigenvalue weighted by molar-refractivity contribution is -0.245. The average molecular weight is 1970 g/mol. The van der Waals surface area contributed by atoms with Gasteiger partial charge in [-0.1, -0.05) is 130 Å². The van der Waals surface area contributed by atoms with Crippen LogP contribution >= 0.6 is 23.5 Å². The van der Waals surface area contributed by atoms with Crippen molar-refractivity contribution in [3.8, 4) is 12.3 Å². The molecule has 27 rings (SSSR count). The Balaban J connectivity index is 0.0000000979. The van der Waals surface area contributed by atoms with Crippen molar-refractivity contribution in [1.82, 2.24) is 0 Å². The number of thioether (sulfide) groups is 2. The van der Waals surface area contributed by atoms with Crippen LogP contribution in [0.2, 0.25) is 0 Å². The highest BCUT2D eigenvalue weighted by Crippen LogP contribution is 2.74. The summed E-state index contributed by atoms with van der Waals surface area (Å²) >= 11 is 4.38. The highest BCUT2D eigenvalue weighted by molar-refractivity contribution is 8.21. The van der Waals surface area contributed by atoms with Crippen LogP contribution in [0.15, 0.2) is 106 Å². The van der Waals surface area contributed by atoms with Crippen molar-refractivity contribution in [2.45, 2.75) is 384 Å². The minimum Gasteiger partial charge on any atom is -0.393 e. The Kier molecular flexibility index (Phi) is 27.7. The molecule has 18 saturated carbocycles. The Morgan fingerprint density at radius 2 is 0.775 bits per heavy atom.